The fraction of sp³-hybridized carbons (Fsp3) is 0.500. The van der Waals surface area contributed by atoms with Gasteiger partial charge in [-0.15, -0.1) is 21.5 Å². The summed E-state index contributed by atoms with van der Waals surface area (Å²) in [6.45, 7) is 2.14. The Morgan fingerprint density at radius 1 is 1.38 bits per heavy atom. The molecule has 1 spiro atoms. The summed E-state index contributed by atoms with van der Waals surface area (Å²) in [6, 6.07) is 3.32. The van der Waals surface area contributed by atoms with Crippen molar-refractivity contribution in [2.24, 2.45) is 13.0 Å². The quantitative estimate of drug-likeness (QED) is 0.551. The Labute approximate surface area is 176 Å². The van der Waals surface area contributed by atoms with E-state index in [0.717, 1.165) is 28.6 Å². The third kappa shape index (κ3) is 3.76. The fourth-order valence-electron chi connectivity index (χ4n) is 3.66. The summed E-state index contributed by atoms with van der Waals surface area (Å²) in [5, 5.41) is 14.4. The molecule has 0 bridgehead atoms. The normalized spacial score (nSPS) is 24.2. The number of carbonyl (C=O) groups is 3. The zero-order chi connectivity index (χ0) is 20.6. The summed E-state index contributed by atoms with van der Waals surface area (Å²) in [6.07, 6.45) is 2.96. The van der Waals surface area contributed by atoms with Gasteiger partial charge in [0.1, 0.15) is 5.54 Å². The Hall–Kier alpha value is -2.40. The van der Waals surface area contributed by atoms with Crippen LogP contribution in [0.25, 0.3) is 10.7 Å². The molecule has 2 aromatic heterocycles. The van der Waals surface area contributed by atoms with E-state index >= 15 is 0 Å². The van der Waals surface area contributed by atoms with Gasteiger partial charge in [-0.25, -0.2) is 4.79 Å². The minimum atomic E-state index is -0.872. The molecular weight excluding hydrogens is 412 g/mol. The van der Waals surface area contributed by atoms with Gasteiger partial charge in [0.2, 0.25) is 5.91 Å². The smallest absolute Gasteiger partial charge is 0.322 e. The molecule has 1 aliphatic heterocycles. The summed E-state index contributed by atoms with van der Waals surface area (Å²) in [5.74, 6) is 0.463. The first kappa shape index (κ1) is 19.9. The maximum atomic E-state index is 12.8. The van der Waals surface area contributed by atoms with Crippen molar-refractivity contribution in [2.45, 2.75) is 43.3 Å². The van der Waals surface area contributed by atoms with Crippen LogP contribution in [0.4, 0.5) is 4.79 Å². The molecule has 154 valence electrons. The summed E-state index contributed by atoms with van der Waals surface area (Å²) in [4.78, 5) is 38.4. The highest BCUT2D eigenvalue weighted by Gasteiger charge is 2.52. The Kier molecular flexibility index (Phi) is 5.34. The number of carbonyl (C=O) groups excluding carboxylic acids is 3. The summed E-state index contributed by atoms with van der Waals surface area (Å²) in [7, 11) is 1.83. The molecule has 2 N–H and O–H groups in total. The van der Waals surface area contributed by atoms with Crippen LogP contribution in [0.3, 0.4) is 0 Å². The van der Waals surface area contributed by atoms with Crippen LogP contribution in [0.5, 0.6) is 0 Å². The van der Waals surface area contributed by atoms with Crippen molar-refractivity contribution in [3.8, 4) is 10.7 Å². The van der Waals surface area contributed by atoms with Crippen molar-refractivity contribution in [1.82, 2.24) is 30.5 Å². The molecule has 11 heteroatoms. The summed E-state index contributed by atoms with van der Waals surface area (Å²) in [5.41, 5.74) is 1.57. The SMILES string of the molecule is CC1CCC2(CC1)NC(=O)N(NC(=O)CSc1nnc(-c3cccs3)n1C)C2=O. The lowest BCUT2D eigenvalue weighted by atomic mass is 9.77. The van der Waals surface area contributed by atoms with Gasteiger partial charge in [0.25, 0.3) is 5.91 Å². The van der Waals surface area contributed by atoms with E-state index in [1.165, 1.54) is 11.8 Å². The van der Waals surface area contributed by atoms with E-state index < -0.39 is 17.5 Å². The molecule has 1 saturated carbocycles. The molecule has 4 amide bonds. The number of thioether (sulfide) groups is 1. The number of amides is 4. The van der Waals surface area contributed by atoms with Gasteiger partial charge in [-0.3, -0.25) is 15.0 Å². The number of hydrogen-bond donors (Lipinski definition) is 2. The zero-order valence-corrected chi connectivity index (χ0v) is 17.8. The van der Waals surface area contributed by atoms with Crippen molar-refractivity contribution in [3.63, 3.8) is 0 Å². The van der Waals surface area contributed by atoms with Crippen LogP contribution in [-0.2, 0) is 16.6 Å². The molecule has 29 heavy (non-hydrogen) atoms. The van der Waals surface area contributed by atoms with Crippen LogP contribution in [-0.4, -0.2) is 48.9 Å². The number of imide groups is 1. The van der Waals surface area contributed by atoms with Gasteiger partial charge in [0.05, 0.1) is 10.6 Å². The number of aromatic nitrogens is 3. The van der Waals surface area contributed by atoms with Crippen molar-refractivity contribution in [3.05, 3.63) is 17.5 Å². The van der Waals surface area contributed by atoms with Gasteiger partial charge in [-0.1, -0.05) is 24.8 Å². The second-order valence-electron chi connectivity index (χ2n) is 7.50. The predicted octanol–water partition coefficient (Wildman–Crippen LogP) is 2.17. The average Bonchev–Trinajstić information content (AvgIpc) is 3.39. The molecule has 0 radical (unpaired) electrons. The number of urea groups is 1. The molecule has 1 aliphatic carbocycles. The second kappa shape index (κ2) is 7.79. The molecule has 0 aromatic carbocycles. The second-order valence-corrected chi connectivity index (χ2v) is 9.39. The van der Waals surface area contributed by atoms with Crippen molar-refractivity contribution < 1.29 is 14.4 Å². The van der Waals surface area contributed by atoms with E-state index in [9.17, 15) is 14.4 Å². The molecule has 2 fully saturated rings. The lowest BCUT2D eigenvalue weighted by Gasteiger charge is -2.33. The van der Waals surface area contributed by atoms with E-state index in [2.05, 4.69) is 27.9 Å². The third-order valence-corrected chi connectivity index (χ3v) is 7.32. The van der Waals surface area contributed by atoms with E-state index in [1.54, 1.807) is 11.3 Å². The number of rotatable bonds is 5. The topological polar surface area (TPSA) is 109 Å². The van der Waals surface area contributed by atoms with Gasteiger partial charge in [0, 0.05) is 7.05 Å². The Balaban J connectivity index is 1.36. The first-order valence-corrected chi connectivity index (χ1v) is 11.3. The maximum Gasteiger partial charge on any atom is 0.344 e. The van der Waals surface area contributed by atoms with E-state index in [-0.39, 0.29) is 11.7 Å². The van der Waals surface area contributed by atoms with Crippen molar-refractivity contribution in [1.29, 1.82) is 0 Å². The largest absolute Gasteiger partial charge is 0.344 e. The van der Waals surface area contributed by atoms with Crippen molar-refractivity contribution >= 4 is 40.9 Å². The molecule has 4 rings (SSSR count). The van der Waals surface area contributed by atoms with Crippen LogP contribution in [0.1, 0.15) is 32.6 Å². The van der Waals surface area contributed by atoms with Gasteiger partial charge >= 0.3 is 6.03 Å². The molecule has 2 aliphatic rings. The minimum absolute atomic E-state index is 0.0114. The monoisotopic (exact) mass is 434 g/mol. The number of hydrazine groups is 1. The zero-order valence-electron chi connectivity index (χ0n) is 16.2. The van der Waals surface area contributed by atoms with Gasteiger partial charge in [-0.2, -0.15) is 5.01 Å². The van der Waals surface area contributed by atoms with Gasteiger partial charge in [-0.05, 0) is 43.0 Å². The number of thiophene rings is 1. The van der Waals surface area contributed by atoms with Crippen LogP contribution in [0.2, 0.25) is 0 Å². The predicted molar refractivity (Wildman–Crippen MR) is 109 cm³/mol. The molecule has 3 heterocycles. The number of nitrogens with zero attached hydrogens (tertiary/aromatic N) is 4. The average molecular weight is 435 g/mol. The van der Waals surface area contributed by atoms with E-state index in [4.69, 9.17) is 0 Å². The van der Waals surface area contributed by atoms with Gasteiger partial charge in [0.15, 0.2) is 11.0 Å². The summed E-state index contributed by atoms with van der Waals surface area (Å²) < 4.78 is 1.82. The highest BCUT2D eigenvalue weighted by atomic mass is 32.2. The maximum absolute atomic E-state index is 12.8. The van der Waals surface area contributed by atoms with Crippen LogP contribution >= 0.6 is 23.1 Å². The Morgan fingerprint density at radius 2 is 2.14 bits per heavy atom. The van der Waals surface area contributed by atoms with Crippen molar-refractivity contribution in [2.75, 3.05) is 5.75 Å². The standard InChI is InChI=1S/C18H22N6O3S2/c1-11-5-7-18(8-6-11)15(26)24(16(27)19-18)22-13(25)10-29-17-21-20-14(23(17)2)12-4-3-9-28-12/h3-4,9,11H,5-8,10H2,1-2H3,(H,19,27)(H,22,25). The fourth-order valence-corrected chi connectivity index (χ4v) is 5.11. The first-order chi connectivity index (χ1) is 13.9. The minimum Gasteiger partial charge on any atom is -0.322 e. The molecular formula is C18H22N6O3S2. The molecule has 1 saturated heterocycles. The molecule has 9 nitrogen and oxygen atoms in total. The van der Waals surface area contributed by atoms with Gasteiger partial charge < -0.3 is 9.88 Å². The summed E-state index contributed by atoms with van der Waals surface area (Å²) >= 11 is 2.76. The van der Waals surface area contributed by atoms with Crippen LogP contribution in [0.15, 0.2) is 22.7 Å². The third-order valence-electron chi connectivity index (χ3n) is 5.43. The molecule has 0 atom stereocenters. The highest BCUT2D eigenvalue weighted by Crippen LogP contribution is 2.35. The van der Waals surface area contributed by atoms with E-state index in [0.29, 0.717) is 23.9 Å². The van der Waals surface area contributed by atoms with Crippen LogP contribution in [0, 0.1) is 5.92 Å². The van der Waals surface area contributed by atoms with E-state index in [1.807, 2.05) is 29.1 Å². The van der Waals surface area contributed by atoms with Crippen LogP contribution < -0.4 is 10.7 Å². The lowest BCUT2D eigenvalue weighted by molar-refractivity contribution is -0.139. The molecule has 2 aromatic rings. The first-order valence-electron chi connectivity index (χ1n) is 9.42. The Bertz CT molecular complexity index is 934. The number of hydrogen-bond acceptors (Lipinski definition) is 7. The Morgan fingerprint density at radius 3 is 2.83 bits per heavy atom. The highest BCUT2D eigenvalue weighted by molar-refractivity contribution is 7.99. The lowest BCUT2D eigenvalue weighted by Crippen LogP contribution is -2.51. The number of nitrogens with one attached hydrogen (secondary N) is 2. The molecule has 0 unspecified atom stereocenters.